The molecule has 0 amide bonds. The maximum absolute atomic E-state index is 5.20. The van der Waals surface area contributed by atoms with Crippen LogP contribution < -0.4 is 10.1 Å². The van der Waals surface area contributed by atoms with Crippen LogP contribution in [0.5, 0.6) is 5.75 Å². The summed E-state index contributed by atoms with van der Waals surface area (Å²) in [5.74, 6) is 0.781. The van der Waals surface area contributed by atoms with E-state index in [1.54, 1.807) is 24.6 Å². The number of methoxy groups -OCH3 is 1. The third-order valence-electron chi connectivity index (χ3n) is 2.77. The van der Waals surface area contributed by atoms with Gasteiger partial charge in [-0.05, 0) is 25.6 Å². The second-order valence-electron chi connectivity index (χ2n) is 4.09. The fourth-order valence-electron chi connectivity index (χ4n) is 1.80. The lowest BCUT2D eigenvalue weighted by atomic mass is 10.1. The summed E-state index contributed by atoms with van der Waals surface area (Å²) in [7, 11) is 3.60. The molecule has 1 unspecified atom stereocenters. The molecule has 2 rings (SSSR count). The molecule has 0 saturated carbocycles. The monoisotopic (exact) mass is 263 g/mol. The van der Waals surface area contributed by atoms with E-state index in [-0.39, 0.29) is 6.04 Å². The summed E-state index contributed by atoms with van der Waals surface area (Å²) < 4.78 is 5.20. The zero-order valence-electron chi connectivity index (χ0n) is 10.8. The van der Waals surface area contributed by atoms with Gasteiger partial charge in [-0.3, -0.25) is 4.98 Å². The van der Waals surface area contributed by atoms with Crippen molar-refractivity contribution in [2.75, 3.05) is 14.2 Å². The van der Waals surface area contributed by atoms with Crippen LogP contribution in [0.15, 0.2) is 23.8 Å². The molecule has 2 aromatic heterocycles. The van der Waals surface area contributed by atoms with Crippen LogP contribution in [0.3, 0.4) is 0 Å². The standard InChI is InChI=1S/C13H17N3OS/c1-9-8-18-13(16-9)5-12(14-2)10-4-11(17-3)7-15-6-10/h4,6-8,12,14H,5H2,1-3H3. The number of pyridine rings is 1. The Hall–Kier alpha value is -1.46. The molecular formula is C13H17N3OS. The van der Waals surface area contributed by atoms with E-state index in [0.717, 1.165) is 28.4 Å². The van der Waals surface area contributed by atoms with Crippen LogP contribution >= 0.6 is 11.3 Å². The Kier molecular flexibility index (Phi) is 4.28. The third kappa shape index (κ3) is 3.05. The van der Waals surface area contributed by atoms with Crippen LogP contribution in [-0.2, 0) is 6.42 Å². The number of aryl methyl sites for hydroxylation is 1. The van der Waals surface area contributed by atoms with E-state index in [1.165, 1.54) is 0 Å². The minimum atomic E-state index is 0.207. The number of hydrogen-bond donors (Lipinski definition) is 1. The van der Waals surface area contributed by atoms with Crippen LogP contribution in [0.4, 0.5) is 0 Å². The second kappa shape index (κ2) is 5.93. The highest BCUT2D eigenvalue weighted by atomic mass is 32.1. The molecule has 18 heavy (non-hydrogen) atoms. The quantitative estimate of drug-likeness (QED) is 0.899. The van der Waals surface area contributed by atoms with Crippen LogP contribution in [0, 0.1) is 6.92 Å². The van der Waals surface area contributed by atoms with E-state index in [0.29, 0.717) is 0 Å². The van der Waals surface area contributed by atoms with E-state index < -0.39 is 0 Å². The topological polar surface area (TPSA) is 47.0 Å². The Morgan fingerprint density at radius 2 is 2.28 bits per heavy atom. The number of thiazole rings is 1. The summed E-state index contributed by atoms with van der Waals surface area (Å²) in [5, 5.41) is 6.51. The van der Waals surface area contributed by atoms with Crippen molar-refractivity contribution in [3.63, 3.8) is 0 Å². The number of nitrogens with one attached hydrogen (secondary N) is 1. The van der Waals surface area contributed by atoms with Gasteiger partial charge in [-0.1, -0.05) is 0 Å². The molecule has 1 atom stereocenters. The first-order valence-corrected chi connectivity index (χ1v) is 6.68. The van der Waals surface area contributed by atoms with Gasteiger partial charge in [-0.15, -0.1) is 11.3 Å². The van der Waals surface area contributed by atoms with Crippen molar-refractivity contribution in [1.82, 2.24) is 15.3 Å². The molecule has 0 bridgehead atoms. The summed E-state index contributed by atoms with van der Waals surface area (Å²) in [6.45, 7) is 2.02. The average Bonchev–Trinajstić information content (AvgIpc) is 2.81. The molecule has 0 aliphatic heterocycles. The Bertz CT molecular complexity index is 512. The van der Waals surface area contributed by atoms with Crippen molar-refractivity contribution in [2.45, 2.75) is 19.4 Å². The molecule has 1 N–H and O–H groups in total. The normalized spacial score (nSPS) is 12.4. The molecule has 0 fully saturated rings. The van der Waals surface area contributed by atoms with Crippen molar-refractivity contribution in [3.05, 3.63) is 40.1 Å². The first-order valence-electron chi connectivity index (χ1n) is 5.80. The van der Waals surface area contributed by atoms with Crippen LogP contribution in [0.1, 0.15) is 22.3 Å². The highest BCUT2D eigenvalue weighted by Gasteiger charge is 2.13. The molecule has 0 aliphatic carbocycles. The largest absolute Gasteiger partial charge is 0.495 e. The summed E-state index contributed by atoms with van der Waals surface area (Å²) in [4.78, 5) is 8.68. The molecule has 2 aromatic rings. The predicted molar refractivity (Wildman–Crippen MR) is 73.1 cm³/mol. The molecule has 5 heteroatoms. The van der Waals surface area contributed by atoms with Crippen molar-refractivity contribution in [3.8, 4) is 5.75 Å². The number of aromatic nitrogens is 2. The lowest BCUT2D eigenvalue weighted by Gasteiger charge is -2.15. The number of ether oxygens (including phenoxy) is 1. The average molecular weight is 263 g/mol. The molecular weight excluding hydrogens is 246 g/mol. The first-order chi connectivity index (χ1) is 8.72. The van der Waals surface area contributed by atoms with Gasteiger partial charge in [0, 0.05) is 29.7 Å². The van der Waals surface area contributed by atoms with Gasteiger partial charge in [0.15, 0.2) is 0 Å². The molecule has 0 radical (unpaired) electrons. The summed E-state index contributed by atoms with van der Waals surface area (Å²) >= 11 is 1.70. The van der Waals surface area contributed by atoms with Gasteiger partial charge in [0.2, 0.25) is 0 Å². The zero-order valence-corrected chi connectivity index (χ0v) is 11.6. The molecule has 0 spiro atoms. The maximum Gasteiger partial charge on any atom is 0.137 e. The van der Waals surface area contributed by atoms with E-state index in [4.69, 9.17) is 4.74 Å². The number of likely N-dealkylation sites (N-methyl/N-ethyl adjacent to an activating group) is 1. The Morgan fingerprint density at radius 3 is 2.89 bits per heavy atom. The van der Waals surface area contributed by atoms with Crippen LogP contribution in [0.25, 0.3) is 0 Å². The minimum absolute atomic E-state index is 0.207. The maximum atomic E-state index is 5.20. The van der Waals surface area contributed by atoms with Gasteiger partial charge in [-0.25, -0.2) is 4.98 Å². The Morgan fingerprint density at radius 1 is 1.44 bits per heavy atom. The van der Waals surface area contributed by atoms with Gasteiger partial charge >= 0.3 is 0 Å². The van der Waals surface area contributed by atoms with Gasteiger partial charge in [0.25, 0.3) is 0 Å². The van der Waals surface area contributed by atoms with Crippen molar-refractivity contribution in [2.24, 2.45) is 0 Å². The fourth-order valence-corrected chi connectivity index (χ4v) is 2.61. The minimum Gasteiger partial charge on any atom is -0.495 e. The molecule has 4 nitrogen and oxygen atoms in total. The van der Waals surface area contributed by atoms with Gasteiger partial charge in [0.1, 0.15) is 5.75 Å². The summed E-state index contributed by atoms with van der Waals surface area (Å²) in [5.41, 5.74) is 2.19. The summed E-state index contributed by atoms with van der Waals surface area (Å²) in [6, 6.07) is 2.22. The zero-order chi connectivity index (χ0) is 13.0. The molecule has 96 valence electrons. The van der Waals surface area contributed by atoms with E-state index in [1.807, 2.05) is 26.2 Å². The van der Waals surface area contributed by atoms with E-state index in [9.17, 15) is 0 Å². The summed E-state index contributed by atoms with van der Waals surface area (Å²) in [6.07, 6.45) is 4.44. The molecule has 0 aromatic carbocycles. The van der Waals surface area contributed by atoms with Gasteiger partial charge in [0.05, 0.1) is 18.3 Å². The first kappa shape index (κ1) is 13.0. The number of rotatable bonds is 5. The predicted octanol–water partition coefficient (Wildman–Crippen LogP) is 2.36. The lowest BCUT2D eigenvalue weighted by Crippen LogP contribution is -2.19. The van der Waals surface area contributed by atoms with E-state index >= 15 is 0 Å². The Labute approximate surface area is 111 Å². The Balaban J connectivity index is 2.17. The molecule has 0 saturated heterocycles. The molecule has 0 aliphatic rings. The smallest absolute Gasteiger partial charge is 0.137 e. The van der Waals surface area contributed by atoms with Gasteiger partial charge in [-0.2, -0.15) is 0 Å². The van der Waals surface area contributed by atoms with E-state index in [2.05, 4.69) is 20.7 Å². The van der Waals surface area contributed by atoms with Crippen molar-refractivity contribution < 1.29 is 4.74 Å². The van der Waals surface area contributed by atoms with Crippen molar-refractivity contribution in [1.29, 1.82) is 0 Å². The highest BCUT2D eigenvalue weighted by Crippen LogP contribution is 2.22. The number of hydrogen-bond acceptors (Lipinski definition) is 5. The SMILES string of the molecule is CNC(Cc1nc(C)cs1)c1cncc(OC)c1. The van der Waals surface area contributed by atoms with Gasteiger partial charge < -0.3 is 10.1 Å². The third-order valence-corrected chi connectivity index (χ3v) is 3.76. The second-order valence-corrected chi connectivity index (χ2v) is 5.03. The van der Waals surface area contributed by atoms with Crippen molar-refractivity contribution >= 4 is 11.3 Å². The van der Waals surface area contributed by atoms with Crippen LogP contribution in [-0.4, -0.2) is 24.1 Å². The van der Waals surface area contributed by atoms with Crippen LogP contribution in [0.2, 0.25) is 0 Å². The lowest BCUT2D eigenvalue weighted by molar-refractivity contribution is 0.411. The number of nitrogens with zero attached hydrogens (tertiary/aromatic N) is 2. The molecule has 2 heterocycles. The highest BCUT2D eigenvalue weighted by molar-refractivity contribution is 7.09. The fraction of sp³-hybridized carbons (Fsp3) is 0.385.